The molecule has 0 bridgehead atoms. The number of rotatable bonds is 5. The van der Waals surface area contributed by atoms with E-state index < -0.39 is 17.6 Å². The number of hydrogen-bond donors (Lipinski definition) is 2. The predicted octanol–water partition coefficient (Wildman–Crippen LogP) is 5.08. The third-order valence-corrected chi connectivity index (χ3v) is 5.70. The molecule has 2 aromatic heterocycles. The fourth-order valence-corrected chi connectivity index (χ4v) is 3.96. The van der Waals surface area contributed by atoms with Crippen LogP contribution in [0.1, 0.15) is 46.1 Å². The van der Waals surface area contributed by atoms with Crippen molar-refractivity contribution in [2.75, 3.05) is 5.32 Å². The number of benzene rings is 2. The first kappa shape index (κ1) is 22.6. The highest BCUT2D eigenvalue weighted by atomic mass is 19.4. The molecule has 10 heteroatoms. The molecule has 5 rings (SSSR count). The summed E-state index contributed by atoms with van der Waals surface area (Å²) in [6.07, 6.45) is -1.45. The molecule has 0 spiro atoms. The van der Waals surface area contributed by atoms with Crippen molar-refractivity contribution in [3.63, 3.8) is 0 Å². The van der Waals surface area contributed by atoms with Crippen LogP contribution in [0, 0.1) is 6.92 Å². The van der Waals surface area contributed by atoms with Gasteiger partial charge in [0.25, 0.3) is 11.5 Å². The standard InChI is InChI=1S/C25H20F3N5O2/c1-14-10-21(34)32-23(30-14)16-4-2-6-18(11-16)31-24(35)20-13-29-33(22(20)15-8-9-15)19-7-3-5-17(12-19)25(26,27)28/h2-7,10-13,15H,8-9H2,1H3,(H,31,35)(H,30,32,34). The molecule has 1 amide bonds. The second-order valence-electron chi connectivity index (χ2n) is 8.45. The molecule has 0 radical (unpaired) electrons. The summed E-state index contributed by atoms with van der Waals surface area (Å²) in [6.45, 7) is 1.71. The smallest absolute Gasteiger partial charge is 0.322 e. The van der Waals surface area contributed by atoms with Gasteiger partial charge in [-0.3, -0.25) is 9.59 Å². The molecule has 0 aliphatic heterocycles. The lowest BCUT2D eigenvalue weighted by atomic mass is 10.1. The second-order valence-corrected chi connectivity index (χ2v) is 8.45. The van der Waals surface area contributed by atoms with Crippen LogP contribution in [0.3, 0.4) is 0 Å². The number of H-pyrrole nitrogens is 1. The lowest BCUT2D eigenvalue weighted by Crippen LogP contribution is -2.15. The maximum Gasteiger partial charge on any atom is 0.416 e. The number of nitrogens with zero attached hydrogens (tertiary/aromatic N) is 3. The highest BCUT2D eigenvalue weighted by Gasteiger charge is 2.34. The Labute approximate surface area is 197 Å². The largest absolute Gasteiger partial charge is 0.416 e. The molecule has 2 N–H and O–H groups in total. The molecule has 1 aliphatic rings. The number of nitrogens with one attached hydrogen (secondary N) is 2. The van der Waals surface area contributed by atoms with E-state index in [1.165, 1.54) is 29.1 Å². The van der Waals surface area contributed by atoms with Gasteiger partial charge in [-0.05, 0) is 50.1 Å². The lowest BCUT2D eigenvalue weighted by Gasteiger charge is -2.12. The number of carbonyl (C=O) groups is 1. The van der Waals surface area contributed by atoms with Gasteiger partial charge in [0.15, 0.2) is 0 Å². The number of amides is 1. The van der Waals surface area contributed by atoms with Crippen molar-refractivity contribution in [1.29, 1.82) is 0 Å². The van der Waals surface area contributed by atoms with Gasteiger partial charge in [0.1, 0.15) is 5.82 Å². The summed E-state index contributed by atoms with van der Waals surface area (Å²) < 4.78 is 41.1. The molecule has 178 valence electrons. The number of anilines is 1. The summed E-state index contributed by atoms with van der Waals surface area (Å²) in [5, 5.41) is 7.09. The van der Waals surface area contributed by atoms with Gasteiger partial charge >= 0.3 is 6.18 Å². The van der Waals surface area contributed by atoms with Crippen LogP contribution in [0.25, 0.3) is 17.1 Å². The van der Waals surface area contributed by atoms with E-state index in [1.54, 1.807) is 31.2 Å². The van der Waals surface area contributed by atoms with Crippen molar-refractivity contribution in [1.82, 2.24) is 19.7 Å². The van der Waals surface area contributed by atoms with E-state index in [0.717, 1.165) is 25.0 Å². The normalized spacial score (nSPS) is 13.6. The molecule has 1 saturated carbocycles. The van der Waals surface area contributed by atoms with Gasteiger partial charge in [-0.2, -0.15) is 18.3 Å². The van der Waals surface area contributed by atoms with E-state index in [0.29, 0.717) is 34.0 Å². The Morgan fingerprint density at radius 3 is 2.60 bits per heavy atom. The summed E-state index contributed by atoms with van der Waals surface area (Å²) in [6, 6.07) is 13.1. The molecule has 1 aliphatic carbocycles. The van der Waals surface area contributed by atoms with Crippen LogP contribution in [0.4, 0.5) is 18.9 Å². The van der Waals surface area contributed by atoms with Crippen molar-refractivity contribution in [3.8, 4) is 17.1 Å². The van der Waals surface area contributed by atoms with E-state index >= 15 is 0 Å². The topological polar surface area (TPSA) is 92.7 Å². The van der Waals surface area contributed by atoms with Gasteiger partial charge in [0.2, 0.25) is 0 Å². The first-order valence-electron chi connectivity index (χ1n) is 10.9. The SMILES string of the molecule is Cc1cc(=O)[nH]c(-c2cccc(NC(=O)c3cnn(-c4cccc(C(F)(F)F)c4)c3C3CC3)c2)n1. The minimum Gasteiger partial charge on any atom is -0.322 e. The predicted molar refractivity (Wildman–Crippen MR) is 124 cm³/mol. The molecule has 7 nitrogen and oxygen atoms in total. The average molecular weight is 479 g/mol. The molecule has 2 aromatic carbocycles. The van der Waals surface area contributed by atoms with Gasteiger partial charge < -0.3 is 10.3 Å². The van der Waals surface area contributed by atoms with Crippen molar-refractivity contribution in [3.05, 3.63) is 93.7 Å². The Morgan fingerprint density at radius 2 is 1.89 bits per heavy atom. The van der Waals surface area contributed by atoms with E-state index in [9.17, 15) is 22.8 Å². The number of alkyl halides is 3. The zero-order valence-electron chi connectivity index (χ0n) is 18.6. The second kappa shape index (κ2) is 8.53. The third kappa shape index (κ3) is 4.72. The average Bonchev–Trinajstić information content (AvgIpc) is 3.55. The number of aromatic nitrogens is 4. The van der Waals surface area contributed by atoms with Crippen LogP contribution >= 0.6 is 0 Å². The van der Waals surface area contributed by atoms with E-state index in [4.69, 9.17) is 0 Å². The van der Waals surface area contributed by atoms with Gasteiger partial charge in [-0.25, -0.2) is 9.67 Å². The first-order valence-corrected chi connectivity index (χ1v) is 10.9. The van der Waals surface area contributed by atoms with Crippen molar-refractivity contribution >= 4 is 11.6 Å². The Morgan fingerprint density at radius 1 is 1.11 bits per heavy atom. The first-order chi connectivity index (χ1) is 16.7. The fraction of sp³-hybridized carbons (Fsp3) is 0.200. The summed E-state index contributed by atoms with van der Waals surface area (Å²) >= 11 is 0. The molecular weight excluding hydrogens is 459 g/mol. The Hall–Kier alpha value is -4.21. The van der Waals surface area contributed by atoms with E-state index in [1.807, 2.05) is 0 Å². The molecule has 1 fully saturated rings. The van der Waals surface area contributed by atoms with Gasteiger partial charge in [0.05, 0.1) is 28.7 Å². The Kier molecular flexibility index (Phi) is 5.50. The van der Waals surface area contributed by atoms with Gasteiger partial charge in [-0.1, -0.05) is 18.2 Å². The van der Waals surface area contributed by atoms with Crippen molar-refractivity contribution in [2.24, 2.45) is 0 Å². The third-order valence-electron chi connectivity index (χ3n) is 5.70. The number of hydrogen-bond acceptors (Lipinski definition) is 4. The quantitative estimate of drug-likeness (QED) is 0.418. The van der Waals surface area contributed by atoms with Crippen LogP contribution in [0.15, 0.2) is 65.6 Å². The maximum absolute atomic E-state index is 13.2. The van der Waals surface area contributed by atoms with Crippen molar-refractivity contribution in [2.45, 2.75) is 31.9 Å². The molecule has 35 heavy (non-hydrogen) atoms. The van der Waals surface area contributed by atoms with Crippen LogP contribution in [-0.4, -0.2) is 25.7 Å². The van der Waals surface area contributed by atoms with Crippen LogP contribution < -0.4 is 10.9 Å². The fourth-order valence-electron chi connectivity index (χ4n) is 3.96. The maximum atomic E-state index is 13.2. The molecule has 0 saturated heterocycles. The molecule has 4 aromatic rings. The van der Waals surface area contributed by atoms with Gasteiger partial charge in [0, 0.05) is 28.9 Å². The zero-order valence-corrected chi connectivity index (χ0v) is 18.6. The number of aromatic amines is 1. The number of aryl methyl sites for hydroxylation is 1. The van der Waals surface area contributed by atoms with Crippen LogP contribution in [0.2, 0.25) is 0 Å². The lowest BCUT2D eigenvalue weighted by molar-refractivity contribution is -0.137. The zero-order chi connectivity index (χ0) is 24.7. The highest BCUT2D eigenvalue weighted by Crippen LogP contribution is 2.43. The summed E-state index contributed by atoms with van der Waals surface area (Å²) in [5.74, 6) is -0.00389. The highest BCUT2D eigenvalue weighted by molar-refractivity contribution is 6.05. The minimum absolute atomic E-state index is 0.0423. The van der Waals surface area contributed by atoms with E-state index in [-0.39, 0.29) is 17.2 Å². The summed E-state index contributed by atoms with van der Waals surface area (Å²) in [5.41, 5.74) is 1.73. The molecular formula is C25H20F3N5O2. The number of carbonyl (C=O) groups excluding carboxylic acids is 1. The Bertz CT molecular complexity index is 1480. The van der Waals surface area contributed by atoms with Crippen LogP contribution in [0.5, 0.6) is 0 Å². The Balaban J connectivity index is 1.46. The number of halogens is 3. The summed E-state index contributed by atoms with van der Waals surface area (Å²) in [4.78, 5) is 32.0. The molecule has 2 heterocycles. The van der Waals surface area contributed by atoms with Crippen LogP contribution in [-0.2, 0) is 6.18 Å². The summed E-state index contributed by atoms with van der Waals surface area (Å²) in [7, 11) is 0. The van der Waals surface area contributed by atoms with Gasteiger partial charge in [-0.15, -0.1) is 0 Å². The molecule has 0 unspecified atom stereocenters. The van der Waals surface area contributed by atoms with Crippen molar-refractivity contribution < 1.29 is 18.0 Å². The minimum atomic E-state index is -4.48. The van der Waals surface area contributed by atoms with E-state index in [2.05, 4.69) is 20.4 Å². The molecule has 0 atom stereocenters. The monoisotopic (exact) mass is 479 g/mol.